The van der Waals surface area contributed by atoms with Crippen molar-refractivity contribution in [1.29, 1.82) is 0 Å². The Morgan fingerprint density at radius 3 is 2.43 bits per heavy atom. The molecule has 0 fully saturated rings. The SMILES string of the molecule is CNC(=O)C(/C(=N/O)SCSc1ccccc1)C(C)(C)C. The molecule has 1 amide bonds. The predicted octanol–water partition coefficient (Wildman–Crippen LogP) is 3.67. The first-order chi connectivity index (χ1) is 9.90. The zero-order valence-corrected chi connectivity index (χ0v) is 14.4. The first kappa shape index (κ1) is 17.9. The van der Waals surface area contributed by atoms with Crippen LogP contribution in [-0.4, -0.2) is 28.3 Å². The average molecular weight is 326 g/mol. The van der Waals surface area contributed by atoms with Crippen LogP contribution in [0.25, 0.3) is 0 Å². The van der Waals surface area contributed by atoms with Crippen LogP contribution in [0, 0.1) is 11.3 Å². The molecule has 1 unspecified atom stereocenters. The van der Waals surface area contributed by atoms with E-state index in [1.165, 1.54) is 11.8 Å². The van der Waals surface area contributed by atoms with Crippen molar-refractivity contribution in [3.05, 3.63) is 30.3 Å². The fraction of sp³-hybridized carbons (Fsp3) is 0.467. The third kappa shape index (κ3) is 5.63. The van der Waals surface area contributed by atoms with E-state index in [4.69, 9.17) is 0 Å². The Bertz CT molecular complexity index is 484. The van der Waals surface area contributed by atoms with E-state index in [0.717, 1.165) is 4.90 Å². The molecule has 0 bridgehead atoms. The lowest BCUT2D eigenvalue weighted by molar-refractivity contribution is -0.124. The first-order valence-electron chi connectivity index (χ1n) is 6.64. The van der Waals surface area contributed by atoms with Gasteiger partial charge in [-0.1, -0.05) is 55.9 Å². The van der Waals surface area contributed by atoms with Crippen LogP contribution >= 0.6 is 23.5 Å². The number of hydrogen-bond donors (Lipinski definition) is 2. The number of carbonyl (C=O) groups is 1. The number of nitrogens with zero attached hydrogens (tertiary/aromatic N) is 1. The molecule has 0 saturated heterocycles. The Labute approximate surface area is 134 Å². The standard InChI is InChI=1S/C15H22N2O2S2/c1-15(2,3)12(13(18)16-4)14(17-19)21-10-20-11-8-6-5-7-9-11/h5-9,12,19H,10H2,1-4H3,(H,16,18)/b17-14-. The van der Waals surface area contributed by atoms with Crippen LogP contribution in [0.5, 0.6) is 0 Å². The van der Waals surface area contributed by atoms with E-state index in [0.29, 0.717) is 10.1 Å². The molecule has 1 rings (SSSR count). The number of benzene rings is 1. The van der Waals surface area contributed by atoms with Gasteiger partial charge in [-0.25, -0.2) is 0 Å². The lowest BCUT2D eigenvalue weighted by Crippen LogP contribution is -2.40. The molecule has 116 valence electrons. The fourth-order valence-corrected chi connectivity index (χ4v) is 4.16. The van der Waals surface area contributed by atoms with Gasteiger partial charge in [0.2, 0.25) is 5.91 Å². The molecule has 1 atom stereocenters. The van der Waals surface area contributed by atoms with Crippen molar-refractivity contribution < 1.29 is 10.0 Å². The number of carbonyl (C=O) groups excluding carboxylic acids is 1. The Kier molecular flexibility index (Phi) is 7.11. The van der Waals surface area contributed by atoms with Gasteiger partial charge in [0.05, 0.1) is 5.92 Å². The second kappa shape index (κ2) is 8.34. The fourth-order valence-electron chi connectivity index (χ4n) is 1.86. The van der Waals surface area contributed by atoms with Crippen LogP contribution in [0.2, 0.25) is 0 Å². The van der Waals surface area contributed by atoms with E-state index < -0.39 is 5.92 Å². The lowest BCUT2D eigenvalue weighted by Gasteiger charge is -2.29. The maximum Gasteiger partial charge on any atom is 0.230 e. The number of hydrogen-bond acceptors (Lipinski definition) is 5. The largest absolute Gasteiger partial charge is 0.410 e. The molecule has 21 heavy (non-hydrogen) atoms. The number of thioether (sulfide) groups is 2. The maximum absolute atomic E-state index is 12.1. The molecule has 1 aromatic carbocycles. The number of amides is 1. The van der Waals surface area contributed by atoms with Gasteiger partial charge in [0.1, 0.15) is 5.04 Å². The van der Waals surface area contributed by atoms with Crippen LogP contribution < -0.4 is 5.32 Å². The summed E-state index contributed by atoms with van der Waals surface area (Å²) in [6, 6.07) is 9.99. The summed E-state index contributed by atoms with van der Waals surface area (Å²) in [7, 11) is 1.60. The molecular weight excluding hydrogens is 304 g/mol. The third-order valence-electron chi connectivity index (χ3n) is 2.90. The van der Waals surface area contributed by atoms with E-state index in [1.54, 1.807) is 18.8 Å². The second-order valence-corrected chi connectivity index (χ2v) is 7.98. The highest BCUT2D eigenvalue weighted by Crippen LogP contribution is 2.33. The van der Waals surface area contributed by atoms with Crippen molar-refractivity contribution >= 4 is 34.5 Å². The Hall–Kier alpha value is -1.14. The monoisotopic (exact) mass is 326 g/mol. The molecule has 0 spiro atoms. The van der Waals surface area contributed by atoms with Crippen LogP contribution in [0.4, 0.5) is 0 Å². The van der Waals surface area contributed by atoms with Crippen molar-refractivity contribution in [2.45, 2.75) is 25.7 Å². The maximum atomic E-state index is 12.1. The average Bonchev–Trinajstić information content (AvgIpc) is 2.45. The molecule has 6 heteroatoms. The smallest absolute Gasteiger partial charge is 0.230 e. The van der Waals surface area contributed by atoms with E-state index in [2.05, 4.69) is 10.5 Å². The van der Waals surface area contributed by atoms with Crippen LogP contribution in [0.3, 0.4) is 0 Å². The van der Waals surface area contributed by atoms with Crippen molar-refractivity contribution in [2.75, 3.05) is 12.1 Å². The minimum absolute atomic E-state index is 0.132. The number of nitrogens with one attached hydrogen (secondary N) is 1. The van der Waals surface area contributed by atoms with Gasteiger partial charge in [-0.05, 0) is 17.5 Å². The highest BCUT2D eigenvalue weighted by molar-refractivity contribution is 8.24. The summed E-state index contributed by atoms with van der Waals surface area (Å²) < 4.78 is 0. The summed E-state index contributed by atoms with van der Waals surface area (Å²) in [6.45, 7) is 5.88. The van der Waals surface area contributed by atoms with Crippen molar-refractivity contribution in [1.82, 2.24) is 5.32 Å². The first-order valence-corrected chi connectivity index (χ1v) is 8.61. The van der Waals surface area contributed by atoms with Crippen LogP contribution in [-0.2, 0) is 4.79 Å². The van der Waals surface area contributed by atoms with Gasteiger partial charge in [0.25, 0.3) is 0 Å². The van der Waals surface area contributed by atoms with Crippen molar-refractivity contribution in [2.24, 2.45) is 16.5 Å². The molecule has 4 nitrogen and oxygen atoms in total. The highest BCUT2D eigenvalue weighted by Gasteiger charge is 2.36. The molecule has 0 aromatic heterocycles. The van der Waals surface area contributed by atoms with Gasteiger partial charge in [0.15, 0.2) is 0 Å². The van der Waals surface area contributed by atoms with Gasteiger partial charge in [-0.15, -0.1) is 11.8 Å². The Balaban J connectivity index is 2.70. The van der Waals surface area contributed by atoms with E-state index in [9.17, 15) is 10.0 Å². The molecule has 2 N–H and O–H groups in total. The summed E-state index contributed by atoms with van der Waals surface area (Å²) in [5, 5.41) is 16.4. The highest BCUT2D eigenvalue weighted by atomic mass is 32.2. The summed E-state index contributed by atoms with van der Waals surface area (Å²) in [5.41, 5.74) is -0.313. The normalized spacial score (nSPS) is 13.8. The molecular formula is C15H22N2O2S2. The molecule has 0 aliphatic heterocycles. The topological polar surface area (TPSA) is 61.7 Å². The van der Waals surface area contributed by atoms with E-state index in [-0.39, 0.29) is 11.3 Å². The molecule has 1 aromatic rings. The lowest BCUT2D eigenvalue weighted by atomic mass is 9.81. The van der Waals surface area contributed by atoms with Gasteiger partial charge < -0.3 is 10.5 Å². The van der Waals surface area contributed by atoms with E-state index in [1.807, 2.05) is 51.1 Å². The molecule has 0 radical (unpaired) electrons. The Morgan fingerprint density at radius 1 is 1.33 bits per heavy atom. The van der Waals surface area contributed by atoms with Crippen molar-refractivity contribution in [3.63, 3.8) is 0 Å². The summed E-state index contributed by atoms with van der Waals surface area (Å²) in [5.74, 6) is -0.596. The minimum Gasteiger partial charge on any atom is -0.410 e. The minimum atomic E-state index is -0.464. The molecule has 0 aliphatic rings. The van der Waals surface area contributed by atoms with Gasteiger partial charge in [-0.3, -0.25) is 4.79 Å². The Morgan fingerprint density at radius 2 is 1.95 bits per heavy atom. The summed E-state index contributed by atoms with van der Waals surface area (Å²) in [6.07, 6.45) is 0. The predicted molar refractivity (Wildman–Crippen MR) is 91.0 cm³/mol. The van der Waals surface area contributed by atoms with Crippen molar-refractivity contribution in [3.8, 4) is 0 Å². The molecule has 0 heterocycles. The summed E-state index contributed by atoms with van der Waals surface area (Å²) >= 11 is 3.05. The molecule has 0 aliphatic carbocycles. The third-order valence-corrected chi connectivity index (χ3v) is 5.06. The second-order valence-electron chi connectivity index (χ2n) is 5.57. The number of oxime groups is 1. The van der Waals surface area contributed by atoms with Gasteiger partial charge in [-0.2, -0.15) is 0 Å². The quantitative estimate of drug-likeness (QED) is 0.216. The summed E-state index contributed by atoms with van der Waals surface area (Å²) in [4.78, 5) is 13.2. The van der Waals surface area contributed by atoms with Crippen LogP contribution in [0.1, 0.15) is 20.8 Å². The number of rotatable bonds is 5. The van der Waals surface area contributed by atoms with Crippen LogP contribution in [0.15, 0.2) is 40.4 Å². The van der Waals surface area contributed by atoms with Gasteiger partial charge >= 0.3 is 0 Å². The van der Waals surface area contributed by atoms with E-state index >= 15 is 0 Å². The zero-order valence-electron chi connectivity index (χ0n) is 12.8. The van der Waals surface area contributed by atoms with Gasteiger partial charge in [0, 0.05) is 17.0 Å². The molecule has 0 saturated carbocycles. The zero-order chi connectivity index (χ0) is 15.9.